The first kappa shape index (κ1) is 18.4. The second-order valence-electron chi connectivity index (χ2n) is 6.90. The van der Waals surface area contributed by atoms with Crippen LogP contribution >= 0.6 is 0 Å². The van der Waals surface area contributed by atoms with E-state index in [1.807, 2.05) is 4.90 Å². The maximum Gasteiger partial charge on any atom is 0.222 e. The minimum atomic E-state index is 0.0500. The summed E-state index contributed by atoms with van der Waals surface area (Å²) in [5.74, 6) is 0.343. The number of piperazine rings is 1. The molecule has 1 aliphatic rings. The SMILES string of the molecule is CCCCCCCCC(=O)N1CCN(C(C)(C)CN)CC1. The van der Waals surface area contributed by atoms with Crippen LogP contribution in [0.5, 0.6) is 0 Å². The fourth-order valence-corrected chi connectivity index (χ4v) is 2.90. The Morgan fingerprint density at radius 1 is 1.00 bits per heavy atom. The monoisotopic (exact) mass is 297 g/mol. The lowest BCUT2D eigenvalue weighted by atomic mass is 10.0. The van der Waals surface area contributed by atoms with E-state index < -0.39 is 0 Å². The van der Waals surface area contributed by atoms with Gasteiger partial charge in [-0.2, -0.15) is 0 Å². The molecule has 1 saturated heterocycles. The van der Waals surface area contributed by atoms with Crippen molar-refractivity contribution in [2.24, 2.45) is 5.73 Å². The topological polar surface area (TPSA) is 49.6 Å². The molecule has 0 atom stereocenters. The average Bonchev–Trinajstić information content (AvgIpc) is 2.50. The quantitative estimate of drug-likeness (QED) is 0.666. The van der Waals surface area contributed by atoms with Crippen LogP contribution in [0.4, 0.5) is 0 Å². The van der Waals surface area contributed by atoms with E-state index >= 15 is 0 Å². The molecule has 1 heterocycles. The van der Waals surface area contributed by atoms with Crippen molar-refractivity contribution in [3.05, 3.63) is 0 Å². The highest BCUT2D eigenvalue weighted by molar-refractivity contribution is 5.76. The minimum Gasteiger partial charge on any atom is -0.340 e. The molecule has 1 rings (SSSR count). The molecule has 4 heteroatoms. The van der Waals surface area contributed by atoms with Crippen molar-refractivity contribution in [2.45, 2.75) is 71.3 Å². The summed E-state index contributed by atoms with van der Waals surface area (Å²) >= 11 is 0. The third-order valence-electron chi connectivity index (χ3n) is 4.73. The Labute approximate surface area is 131 Å². The van der Waals surface area contributed by atoms with Gasteiger partial charge in [0.05, 0.1) is 0 Å². The number of nitrogens with two attached hydrogens (primary N) is 1. The first-order valence-electron chi connectivity index (χ1n) is 8.74. The largest absolute Gasteiger partial charge is 0.340 e. The normalized spacial score (nSPS) is 17.2. The zero-order valence-corrected chi connectivity index (χ0v) is 14.4. The van der Waals surface area contributed by atoms with Crippen molar-refractivity contribution >= 4 is 5.91 Å². The first-order valence-corrected chi connectivity index (χ1v) is 8.74. The van der Waals surface area contributed by atoms with Crippen LogP contribution in [0.1, 0.15) is 65.7 Å². The van der Waals surface area contributed by atoms with Gasteiger partial charge >= 0.3 is 0 Å². The molecular weight excluding hydrogens is 262 g/mol. The van der Waals surface area contributed by atoms with Crippen LogP contribution in [0.15, 0.2) is 0 Å². The molecule has 1 fully saturated rings. The third-order valence-corrected chi connectivity index (χ3v) is 4.73. The van der Waals surface area contributed by atoms with Gasteiger partial charge in [0.15, 0.2) is 0 Å². The predicted octanol–water partition coefficient (Wildman–Crippen LogP) is 2.62. The molecule has 0 aromatic carbocycles. The highest BCUT2D eigenvalue weighted by atomic mass is 16.2. The van der Waals surface area contributed by atoms with Crippen LogP contribution in [-0.2, 0) is 4.79 Å². The van der Waals surface area contributed by atoms with Gasteiger partial charge in [-0.3, -0.25) is 9.69 Å². The Hall–Kier alpha value is -0.610. The Balaban J connectivity index is 2.17. The zero-order valence-electron chi connectivity index (χ0n) is 14.4. The summed E-state index contributed by atoms with van der Waals surface area (Å²) in [7, 11) is 0. The van der Waals surface area contributed by atoms with Crippen molar-refractivity contribution in [1.29, 1.82) is 0 Å². The van der Waals surface area contributed by atoms with Gasteiger partial charge in [-0.25, -0.2) is 0 Å². The maximum absolute atomic E-state index is 12.2. The summed E-state index contributed by atoms with van der Waals surface area (Å²) < 4.78 is 0. The van der Waals surface area contributed by atoms with Gasteiger partial charge in [-0.1, -0.05) is 39.0 Å². The highest BCUT2D eigenvalue weighted by Crippen LogP contribution is 2.16. The van der Waals surface area contributed by atoms with Gasteiger partial charge in [0.25, 0.3) is 0 Å². The first-order chi connectivity index (χ1) is 10.0. The molecule has 0 aromatic heterocycles. The lowest BCUT2D eigenvalue weighted by molar-refractivity contribution is -0.133. The summed E-state index contributed by atoms with van der Waals surface area (Å²) in [6.45, 7) is 10.9. The summed E-state index contributed by atoms with van der Waals surface area (Å²) in [6.07, 6.45) is 8.18. The van der Waals surface area contributed by atoms with Gasteiger partial charge in [-0.05, 0) is 20.3 Å². The van der Waals surface area contributed by atoms with E-state index in [9.17, 15) is 4.79 Å². The van der Waals surface area contributed by atoms with E-state index in [1.54, 1.807) is 0 Å². The molecule has 2 N–H and O–H groups in total. The number of nitrogens with zero attached hydrogens (tertiary/aromatic N) is 2. The second kappa shape index (κ2) is 9.42. The Morgan fingerprint density at radius 2 is 1.57 bits per heavy atom. The summed E-state index contributed by atoms with van der Waals surface area (Å²) in [6, 6.07) is 0. The van der Waals surface area contributed by atoms with Gasteiger partial charge < -0.3 is 10.6 Å². The fraction of sp³-hybridized carbons (Fsp3) is 0.941. The van der Waals surface area contributed by atoms with Crippen LogP contribution in [0.2, 0.25) is 0 Å². The summed E-state index contributed by atoms with van der Waals surface area (Å²) in [5, 5.41) is 0. The molecule has 1 amide bonds. The van der Waals surface area contributed by atoms with Gasteiger partial charge in [0.2, 0.25) is 5.91 Å². The minimum absolute atomic E-state index is 0.0500. The van der Waals surface area contributed by atoms with Crippen LogP contribution in [0.25, 0.3) is 0 Å². The van der Waals surface area contributed by atoms with Gasteiger partial charge in [0, 0.05) is 44.7 Å². The van der Waals surface area contributed by atoms with E-state index in [4.69, 9.17) is 5.73 Å². The van der Waals surface area contributed by atoms with E-state index in [0.717, 1.165) is 39.0 Å². The van der Waals surface area contributed by atoms with E-state index in [0.29, 0.717) is 12.5 Å². The van der Waals surface area contributed by atoms with Crippen LogP contribution in [-0.4, -0.2) is 54.0 Å². The van der Waals surface area contributed by atoms with Gasteiger partial charge in [0.1, 0.15) is 0 Å². The Morgan fingerprint density at radius 3 is 2.14 bits per heavy atom. The number of unbranched alkanes of at least 4 members (excludes halogenated alkanes) is 5. The van der Waals surface area contributed by atoms with Crippen molar-refractivity contribution in [3.8, 4) is 0 Å². The molecule has 0 bridgehead atoms. The molecular formula is C17H35N3O. The molecule has 0 spiro atoms. The Bertz CT molecular complexity index is 296. The van der Waals surface area contributed by atoms with Crippen molar-refractivity contribution in [3.63, 3.8) is 0 Å². The highest BCUT2D eigenvalue weighted by Gasteiger charge is 2.29. The second-order valence-corrected chi connectivity index (χ2v) is 6.90. The van der Waals surface area contributed by atoms with Crippen molar-refractivity contribution in [1.82, 2.24) is 9.80 Å². The van der Waals surface area contributed by atoms with E-state index in [2.05, 4.69) is 25.7 Å². The molecule has 1 aliphatic heterocycles. The predicted molar refractivity (Wildman–Crippen MR) is 89.3 cm³/mol. The third kappa shape index (κ3) is 6.35. The van der Waals surface area contributed by atoms with E-state index in [1.165, 1.54) is 32.1 Å². The molecule has 0 unspecified atom stereocenters. The van der Waals surface area contributed by atoms with Gasteiger partial charge in [-0.15, -0.1) is 0 Å². The smallest absolute Gasteiger partial charge is 0.222 e. The number of hydrogen-bond donors (Lipinski definition) is 1. The zero-order chi connectivity index (χ0) is 15.7. The Kier molecular flexibility index (Phi) is 8.27. The molecule has 124 valence electrons. The summed E-state index contributed by atoms with van der Waals surface area (Å²) in [4.78, 5) is 16.6. The van der Waals surface area contributed by atoms with Crippen LogP contribution in [0.3, 0.4) is 0 Å². The standard InChI is InChI=1S/C17H35N3O/c1-4-5-6-7-8-9-10-16(21)19-11-13-20(14-12-19)17(2,3)15-18/h4-15,18H2,1-3H3. The van der Waals surface area contributed by atoms with Crippen LogP contribution in [0, 0.1) is 0 Å². The summed E-state index contributed by atoms with van der Waals surface area (Å²) in [5.41, 5.74) is 5.88. The lowest BCUT2D eigenvalue weighted by Crippen LogP contribution is -2.58. The van der Waals surface area contributed by atoms with Crippen LogP contribution < -0.4 is 5.73 Å². The number of hydrogen-bond acceptors (Lipinski definition) is 3. The molecule has 0 aliphatic carbocycles. The molecule has 4 nitrogen and oxygen atoms in total. The number of carbonyl (C=O) groups excluding carboxylic acids is 1. The number of carbonyl (C=O) groups is 1. The van der Waals surface area contributed by atoms with Crippen molar-refractivity contribution < 1.29 is 4.79 Å². The molecule has 0 saturated carbocycles. The molecule has 0 radical (unpaired) electrons. The fourth-order valence-electron chi connectivity index (χ4n) is 2.90. The number of rotatable bonds is 9. The molecule has 21 heavy (non-hydrogen) atoms. The average molecular weight is 297 g/mol. The van der Waals surface area contributed by atoms with E-state index in [-0.39, 0.29) is 5.54 Å². The lowest BCUT2D eigenvalue weighted by Gasteiger charge is -2.43. The molecule has 0 aromatic rings. The van der Waals surface area contributed by atoms with Crippen molar-refractivity contribution in [2.75, 3.05) is 32.7 Å². The number of amides is 1. The maximum atomic E-state index is 12.2.